The number of pyridine rings is 3. The molecule has 2 aliphatic rings. The molecule has 8 nitrogen and oxygen atoms in total. The van der Waals surface area contributed by atoms with Crippen LogP contribution >= 0.6 is 11.6 Å². The minimum Gasteiger partial charge on any atom is -0.377 e. The number of rotatable bonds is 5. The van der Waals surface area contributed by atoms with E-state index in [4.69, 9.17) is 16.3 Å². The number of fused-ring (bicyclic) bond motifs is 2. The Kier molecular flexibility index (Phi) is 6.25. The first-order chi connectivity index (χ1) is 17.1. The predicted molar refractivity (Wildman–Crippen MR) is 132 cm³/mol. The SMILES string of the molecule is Cn1c(N2C3CCC2COC3)cc(-c2cc(NC(=O)c3ccnc(C(C)(F)F)c3)cnc2Cl)cc1=O. The van der Waals surface area contributed by atoms with Gasteiger partial charge in [-0.15, -0.1) is 0 Å². The van der Waals surface area contributed by atoms with Crippen LogP contribution in [0.25, 0.3) is 11.1 Å². The lowest BCUT2D eigenvalue weighted by Gasteiger charge is -2.37. The molecule has 5 heterocycles. The van der Waals surface area contributed by atoms with Crippen LogP contribution in [0.1, 0.15) is 35.8 Å². The normalized spacial score (nSPS) is 19.4. The van der Waals surface area contributed by atoms with Crippen LogP contribution in [0.5, 0.6) is 0 Å². The fraction of sp³-hybridized carbons (Fsp3) is 0.360. The van der Waals surface area contributed by atoms with E-state index in [1.807, 2.05) is 6.07 Å². The molecule has 11 heteroatoms. The number of carbonyl (C=O) groups is 1. The van der Waals surface area contributed by atoms with Crippen LogP contribution < -0.4 is 15.8 Å². The van der Waals surface area contributed by atoms with Crippen LogP contribution in [0.4, 0.5) is 20.3 Å². The van der Waals surface area contributed by atoms with E-state index >= 15 is 0 Å². The monoisotopic (exact) mass is 515 g/mol. The zero-order chi connectivity index (χ0) is 25.6. The third-order valence-corrected chi connectivity index (χ3v) is 6.92. The molecule has 0 aliphatic carbocycles. The molecule has 0 saturated carbocycles. The zero-order valence-electron chi connectivity index (χ0n) is 19.7. The van der Waals surface area contributed by atoms with Crippen molar-refractivity contribution in [1.29, 1.82) is 0 Å². The predicted octanol–water partition coefficient (Wildman–Crippen LogP) is 4.23. The largest absolute Gasteiger partial charge is 0.377 e. The Bertz CT molecular complexity index is 1370. The van der Waals surface area contributed by atoms with E-state index in [0.717, 1.165) is 30.9 Å². The summed E-state index contributed by atoms with van der Waals surface area (Å²) >= 11 is 6.40. The smallest absolute Gasteiger partial charge is 0.286 e. The number of hydrogen-bond donors (Lipinski definition) is 1. The minimum absolute atomic E-state index is 0.0247. The highest BCUT2D eigenvalue weighted by Gasteiger charge is 2.38. The molecule has 188 valence electrons. The summed E-state index contributed by atoms with van der Waals surface area (Å²) in [5.41, 5.74) is 0.638. The first kappa shape index (κ1) is 24.3. The van der Waals surface area contributed by atoms with Crippen molar-refractivity contribution in [3.63, 3.8) is 0 Å². The number of morpholine rings is 1. The number of hydrogen-bond acceptors (Lipinski definition) is 6. The van der Waals surface area contributed by atoms with Gasteiger partial charge < -0.3 is 15.0 Å². The molecule has 3 aromatic rings. The molecule has 2 saturated heterocycles. The van der Waals surface area contributed by atoms with Gasteiger partial charge >= 0.3 is 0 Å². The molecule has 2 aliphatic heterocycles. The van der Waals surface area contributed by atoms with Crippen LogP contribution in [0, 0.1) is 0 Å². The van der Waals surface area contributed by atoms with E-state index in [1.165, 1.54) is 18.3 Å². The summed E-state index contributed by atoms with van der Waals surface area (Å²) in [4.78, 5) is 35.7. The van der Waals surface area contributed by atoms with Crippen molar-refractivity contribution in [3.05, 3.63) is 69.5 Å². The van der Waals surface area contributed by atoms with Crippen molar-refractivity contribution in [2.45, 2.75) is 37.8 Å². The fourth-order valence-corrected chi connectivity index (χ4v) is 4.97. The fourth-order valence-electron chi connectivity index (χ4n) is 4.76. The third-order valence-electron chi connectivity index (χ3n) is 6.62. The Morgan fingerprint density at radius 1 is 1.17 bits per heavy atom. The number of ether oxygens (including phenoxy) is 1. The van der Waals surface area contributed by atoms with Gasteiger partial charge in [0.15, 0.2) is 0 Å². The molecule has 2 fully saturated rings. The molecule has 5 rings (SSSR count). The summed E-state index contributed by atoms with van der Waals surface area (Å²) < 4.78 is 34.6. The van der Waals surface area contributed by atoms with Crippen molar-refractivity contribution in [3.8, 4) is 11.1 Å². The van der Waals surface area contributed by atoms with Crippen molar-refractivity contribution >= 4 is 29.0 Å². The number of halogens is 3. The van der Waals surface area contributed by atoms with E-state index in [2.05, 4.69) is 20.2 Å². The number of carbonyl (C=O) groups excluding carboxylic acids is 1. The highest BCUT2D eigenvalue weighted by molar-refractivity contribution is 6.32. The van der Waals surface area contributed by atoms with Gasteiger partial charge in [0.05, 0.1) is 37.2 Å². The quantitative estimate of drug-likeness (QED) is 0.512. The van der Waals surface area contributed by atoms with Gasteiger partial charge in [-0.2, -0.15) is 8.78 Å². The van der Waals surface area contributed by atoms with E-state index in [-0.39, 0.29) is 28.4 Å². The maximum Gasteiger partial charge on any atom is 0.286 e. The lowest BCUT2D eigenvalue weighted by atomic mass is 10.1. The Balaban J connectivity index is 1.47. The molecule has 1 N–H and O–H groups in total. The maximum absolute atomic E-state index is 13.6. The Hall–Kier alpha value is -3.37. The van der Waals surface area contributed by atoms with E-state index in [1.54, 1.807) is 17.7 Å². The average molecular weight is 516 g/mol. The van der Waals surface area contributed by atoms with E-state index in [9.17, 15) is 18.4 Å². The molecule has 2 bridgehead atoms. The average Bonchev–Trinajstić information content (AvgIpc) is 3.08. The second-order valence-electron chi connectivity index (χ2n) is 9.16. The number of nitrogens with one attached hydrogen (secondary N) is 1. The van der Waals surface area contributed by atoms with Crippen LogP contribution in [-0.2, 0) is 17.7 Å². The van der Waals surface area contributed by atoms with Crippen LogP contribution in [0.15, 0.2) is 47.5 Å². The van der Waals surface area contributed by atoms with Crippen molar-refractivity contribution in [2.75, 3.05) is 23.4 Å². The van der Waals surface area contributed by atoms with E-state index in [0.29, 0.717) is 37.0 Å². The molecule has 3 aromatic heterocycles. The van der Waals surface area contributed by atoms with Crippen molar-refractivity contribution in [2.24, 2.45) is 7.05 Å². The van der Waals surface area contributed by atoms with Gasteiger partial charge in [0, 0.05) is 37.4 Å². The molecule has 0 radical (unpaired) electrons. The van der Waals surface area contributed by atoms with Gasteiger partial charge in [-0.3, -0.25) is 19.1 Å². The van der Waals surface area contributed by atoms with Crippen molar-refractivity contribution in [1.82, 2.24) is 14.5 Å². The molecule has 1 amide bonds. The second kappa shape index (κ2) is 9.25. The Morgan fingerprint density at radius 2 is 1.89 bits per heavy atom. The van der Waals surface area contributed by atoms with E-state index < -0.39 is 17.5 Å². The van der Waals surface area contributed by atoms with Gasteiger partial charge in [-0.05, 0) is 42.7 Å². The number of amides is 1. The van der Waals surface area contributed by atoms with Crippen LogP contribution in [-0.4, -0.2) is 45.7 Å². The van der Waals surface area contributed by atoms with Crippen molar-refractivity contribution < 1.29 is 18.3 Å². The summed E-state index contributed by atoms with van der Waals surface area (Å²) in [5.74, 6) is -3.02. The minimum atomic E-state index is -3.18. The third kappa shape index (κ3) is 4.58. The Labute approximate surface area is 210 Å². The zero-order valence-corrected chi connectivity index (χ0v) is 20.4. The summed E-state index contributed by atoms with van der Waals surface area (Å²) in [6, 6.07) is 7.76. The van der Waals surface area contributed by atoms with Crippen LogP contribution in [0.2, 0.25) is 5.15 Å². The van der Waals surface area contributed by atoms with Gasteiger partial charge in [-0.25, -0.2) is 4.98 Å². The molecular formula is C25H24ClF2N5O3. The number of alkyl halides is 2. The summed E-state index contributed by atoms with van der Waals surface area (Å²) in [6.45, 7) is 1.94. The number of anilines is 2. The molecule has 36 heavy (non-hydrogen) atoms. The number of aromatic nitrogens is 3. The second-order valence-corrected chi connectivity index (χ2v) is 9.52. The van der Waals surface area contributed by atoms with Gasteiger partial charge in [-0.1, -0.05) is 11.6 Å². The van der Waals surface area contributed by atoms with Crippen LogP contribution in [0.3, 0.4) is 0 Å². The molecule has 0 spiro atoms. The lowest BCUT2D eigenvalue weighted by molar-refractivity contribution is 0.0127. The highest BCUT2D eigenvalue weighted by Crippen LogP contribution is 2.36. The topological polar surface area (TPSA) is 89.3 Å². The van der Waals surface area contributed by atoms with Gasteiger partial charge in [0.25, 0.3) is 17.4 Å². The lowest BCUT2D eigenvalue weighted by Crippen LogP contribution is -2.47. The summed E-state index contributed by atoms with van der Waals surface area (Å²) in [6.07, 6.45) is 4.51. The summed E-state index contributed by atoms with van der Waals surface area (Å²) in [5, 5.41) is 2.82. The first-order valence-corrected chi connectivity index (χ1v) is 11.9. The maximum atomic E-state index is 13.6. The standard InChI is InChI=1S/C25H24ClF2N5O3/c1-25(27,28)20-7-14(5-6-29-20)24(35)31-16-10-19(23(26)30-11-16)15-8-21(32(2)22(34)9-15)33-17-3-4-18(33)13-36-12-17/h5-11,17-18H,3-4,12-13H2,1-2H3,(H,31,35). The molecule has 2 atom stereocenters. The molecule has 2 unspecified atom stereocenters. The number of nitrogens with zero attached hydrogens (tertiary/aromatic N) is 4. The van der Waals surface area contributed by atoms with Gasteiger partial charge in [0.1, 0.15) is 16.7 Å². The summed E-state index contributed by atoms with van der Waals surface area (Å²) in [7, 11) is 1.73. The Morgan fingerprint density at radius 3 is 2.58 bits per heavy atom. The highest BCUT2D eigenvalue weighted by atomic mass is 35.5. The van der Waals surface area contributed by atoms with Gasteiger partial charge in [0.2, 0.25) is 0 Å². The molecular weight excluding hydrogens is 492 g/mol. The first-order valence-electron chi connectivity index (χ1n) is 11.5. The molecule has 0 aromatic carbocycles.